The highest BCUT2D eigenvalue weighted by atomic mass is 16.5. The van der Waals surface area contributed by atoms with Crippen LogP contribution in [-0.4, -0.2) is 5.16 Å². The second kappa shape index (κ2) is 2.33. The van der Waals surface area contributed by atoms with E-state index in [0.717, 1.165) is 5.76 Å². The topological polar surface area (TPSA) is 46.0 Å². The van der Waals surface area contributed by atoms with E-state index >= 15 is 0 Å². The van der Waals surface area contributed by atoms with Crippen molar-refractivity contribution in [3.63, 3.8) is 0 Å². The van der Waals surface area contributed by atoms with E-state index < -0.39 is 0 Å². The molecule has 0 aromatic carbocycles. The Labute approximate surface area is 59.0 Å². The van der Waals surface area contributed by atoms with Gasteiger partial charge in [0.25, 0.3) is 5.56 Å². The van der Waals surface area contributed by atoms with Gasteiger partial charge in [0.1, 0.15) is 5.76 Å². The minimum atomic E-state index is -0.122. The molecule has 1 N–H and O–H groups in total. The van der Waals surface area contributed by atoms with Crippen LogP contribution in [-0.2, 0) is 0 Å². The Morgan fingerprint density at radius 3 is 2.30 bits per heavy atom. The van der Waals surface area contributed by atoms with E-state index in [-0.39, 0.29) is 11.5 Å². The lowest BCUT2D eigenvalue weighted by molar-refractivity contribution is 0.366. The van der Waals surface area contributed by atoms with Crippen molar-refractivity contribution in [2.24, 2.45) is 0 Å². The summed E-state index contributed by atoms with van der Waals surface area (Å²) in [7, 11) is 0. The number of hydrogen-bond acceptors (Lipinski definition) is 2. The molecule has 10 heavy (non-hydrogen) atoms. The highest BCUT2D eigenvalue weighted by Gasteiger charge is 2.10. The van der Waals surface area contributed by atoms with E-state index in [4.69, 9.17) is 4.52 Å². The Morgan fingerprint density at radius 2 is 2.10 bits per heavy atom. The third-order valence-corrected chi connectivity index (χ3v) is 1.49. The monoisotopic (exact) mass is 141 g/mol. The summed E-state index contributed by atoms with van der Waals surface area (Å²) >= 11 is 0. The van der Waals surface area contributed by atoms with Crippen LogP contribution in [0.1, 0.15) is 31.1 Å². The molecule has 3 nitrogen and oxygen atoms in total. The third kappa shape index (κ3) is 0.988. The molecule has 0 saturated heterocycles. The van der Waals surface area contributed by atoms with Crippen molar-refractivity contribution >= 4 is 0 Å². The van der Waals surface area contributed by atoms with Gasteiger partial charge in [0.05, 0.1) is 5.56 Å². The summed E-state index contributed by atoms with van der Waals surface area (Å²) < 4.78 is 4.92. The van der Waals surface area contributed by atoms with Gasteiger partial charge in [0.2, 0.25) is 0 Å². The van der Waals surface area contributed by atoms with Gasteiger partial charge >= 0.3 is 0 Å². The standard InChI is InChI=1S/C7H11NO2/c1-4(2)6-5(3)7(9)8-10-6/h4H,1-3H3,(H,8,9). The minimum absolute atomic E-state index is 0.122. The Hall–Kier alpha value is -0.990. The molecule has 0 amide bonds. The highest BCUT2D eigenvalue weighted by molar-refractivity contribution is 5.13. The van der Waals surface area contributed by atoms with Crippen molar-refractivity contribution in [3.05, 3.63) is 21.7 Å². The van der Waals surface area contributed by atoms with Crippen molar-refractivity contribution in [1.82, 2.24) is 5.16 Å². The highest BCUT2D eigenvalue weighted by Crippen LogP contribution is 2.14. The zero-order valence-electron chi connectivity index (χ0n) is 6.39. The van der Waals surface area contributed by atoms with Gasteiger partial charge in [-0.25, -0.2) is 0 Å². The fourth-order valence-corrected chi connectivity index (χ4v) is 0.917. The number of H-pyrrole nitrogens is 1. The first-order valence-corrected chi connectivity index (χ1v) is 3.31. The van der Waals surface area contributed by atoms with Gasteiger partial charge < -0.3 is 4.52 Å². The maximum absolute atomic E-state index is 10.8. The maximum atomic E-state index is 10.8. The molecule has 1 rings (SSSR count). The quantitative estimate of drug-likeness (QED) is 0.642. The van der Waals surface area contributed by atoms with Gasteiger partial charge in [0.15, 0.2) is 0 Å². The normalized spacial score (nSPS) is 10.8. The summed E-state index contributed by atoms with van der Waals surface area (Å²) in [6.07, 6.45) is 0. The van der Waals surface area contributed by atoms with Gasteiger partial charge in [-0.15, -0.1) is 0 Å². The van der Waals surface area contributed by atoms with Crippen LogP contribution in [0.15, 0.2) is 9.32 Å². The molecule has 0 saturated carbocycles. The fraction of sp³-hybridized carbons (Fsp3) is 0.571. The Balaban J connectivity index is 3.18. The zero-order valence-corrected chi connectivity index (χ0v) is 6.39. The van der Waals surface area contributed by atoms with Gasteiger partial charge in [0, 0.05) is 5.92 Å². The van der Waals surface area contributed by atoms with Crippen LogP contribution in [0.5, 0.6) is 0 Å². The van der Waals surface area contributed by atoms with Crippen LogP contribution in [0.25, 0.3) is 0 Å². The van der Waals surface area contributed by atoms with Crippen LogP contribution < -0.4 is 5.56 Å². The third-order valence-electron chi connectivity index (χ3n) is 1.49. The molecular weight excluding hydrogens is 130 g/mol. The van der Waals surface area contributed by atoms with Gasteiger partial charge in [-0.2, -0.15) is 5.16 Å². The maximum Gasteiger partial charge on any atom is 0.283 e. The van der Waals surface area contributed by atoms with E-state index in [1.807, 2.05) is 13.8 Å². The molecule has 0 unspecified atom stereocenters. The largest absolute Gasteiger partial charge is 0.383 e. The van der Waals surface area contributed by atoms with Gasteiger partial charge in [-0.1, -0.05) is 13.8 Å². The summed E-state index contributed by atoms with van der Waals surface area (Å²) in [6, 6.07) is 0. The summed E-state index contributed by atoms with van der Waals surface area (Å²) in [6.45, 7) is 5.73. The number of aromatic nitrogens is 1. The van der Waals surface area contributed by atoms with E-state index in [2.05, 4.69) is 5.16 Å². The second-order valence-corrected chi connectivity index (χ2v) is 2.68. The lowest BCUT2D eigenvalue weighted by atomic mass is 10.1. The first-order valence-electron chi connectivity index (χ1n) is 3.31. The van der Waals surface area contributed by atoms with Crippen molar-refractivity contribution in [2.75, 3.05) is 0 Å². The lowest BCUT2D eigenvalue weighted by Gasteiger charge is -1.96. The van der Waals surface area contributed by atoms with Gasteiger partial charge in [-0.3, -0.25) is 4.79 Å². The van der Waals surface area contributed by atoms with Crippen LogP contribution in [0.4, 0.5) is 0 Å². The van der Waals surface area contributed by atoms with Gasteiger partial charge in [-0.05, 0) is 6.92 Å². The van der Waals surface area contributed by atoms with E-state index in [0.29, 0.717) is 5.56 Å². The molecule has 1 heterocycles. The number of aromatic amines is 1. The van der Waals surface area contributed by atoms with Crippen molar-refractivity contribution in [2.45, 2.75) is 26.7 Å². The van der Waals surface area contributed by atoms with E-state index in [9.17, 15) is 4.79 Å². The van der Waals surface area contributed by atoms with Crippen molar-refractivity contribution < 1.29 is 4.52 Å². The molecule has 1 aromatic rings. The second-order valence-electron chi connectivity index (χ2n) is 2.68. The van der Waals surface area contributed by atoms with Crippen LogP contribution in [0, 0.1) is 6.92 Å². The average Bonchev–Trinajstić information content (AvgIpc) is 2.14. The molecule has 56 valence electrons. The van der Waals surface area contributed by atoms with Crippen LogP contribution in [0.2, 0.25) is 0 Å². The van der Waals surface area contributed by atoms with E-state index in [1.165, 1.54) is 0 Å². The summed E-state index contributed by atoms with van der Waals surface area (Å²) in [5.74, 6) is 1.03. The number of rotatable bonds is 1. The predicted molar refractivity (Wildman–Crippen MR) is 38.2 cm³/mol. The molecule has 0 spiro atoms. The molecule has 0 bridgehead atoms. The zero-order chi connectivity index (χ0) is 7.72. The summed E-state index contributed by atoms with van der Waals surface area (Å²) in [5, 5.41) is 2.29. The summed E-state index contributed by atoms with van der Waals surface area (Å²) in [4.78, 5) is 10.8. The molecule has 0 atom stereocenters. The molecule has 0 radical (unpaired) electrons. The summed E-state index contributed by atoms with van der Waals surface area (Å²) in [5.41, 5.74) is 0.568. The number of nitrogens with one attached hydrogen (secondary N) is 1. The molecular formula is C7H11NO2. The minimum Gasteiger partial charge on any atom is -0.383 e. The predicted octanol–water partition coefficient (Wildman–Crippen LogP) is 1.40. The Kier molecular flexibility index (Phi) is 1.66. The molecule has 0 fully saturated rings. The lowest BCUT2D eigenvalue weighted by Crippen LogP contribution is -2.01. The Morgan fingerprint density at radius 1 is 1.50 bits per heavy atom. The fourth-order valence-electron chi connectivity index (χ4n) is 0.917. The smallest absolute Gasteiger partial charge is 0.283 e. The van der Waals surface area contributed by atoms with Crippen LogP contribution >= 0.6 is 0 Å². The van der Waals surface area contributed by atoms with Crippen LogP contribution in [0.3, 0.4) is 0 Å². The molecule has 3 heteroatoms. The first-order chi connectivity index (χ1) is 4.63. The molecule has 1 aromatic heterocycles. The van der Waals surface area contributed by atoms with Crippen molar-refractivity contribution in [3.8, 4) is 0 Å². The number of hydrogen-bond donors (Lipinski definition) is 1. The molecule has 0 aliphatic rings. The Bertz CT molecular complexity index is 269. The average molecular weight is 141 g/mol. The molecule has 0 aliphatic heterocycles. The molecule has 0 aliphatic carbocycles. The first kappa shape index (κ1) is 7.12. The van der Waals surface area contributed by atoms with E-state index in [1.54, 1.807) is 6.92 Å². The van der Waals surface area contributed by atoms with Crippen molar-refractivity contribution in [1.29, 1.82) is 0 Å². The SMILES string of the molecule is Cc1c(C(C)C)o[nH]c1=O.